The fraction of sp³-hybridized carbons (Fsp3) is 0.571. The lowest BCUT2D eigenvalue weighted by Gasteiger charge is -2.38. The third kappa shape index (κ3) is 2.63. The molecular weight excluding hydrogens is 248 g/mol. The molecule has 4 heteroatoms. The Bertz CT molecular complexity index is 411. The smallest absolute Gasteiger partial charge is 0.0772 e. The minimum atomic E-state index is 0.281. The van der Waals surface area contributed by atoms with E-state index in [0.29, 0.717) is 12.5 Å². The lowest BCUT2D eigenvalue weighted by atomic mass is 9.95. The van der Waals surface area contributed by atoms with Crippen molar-refractivity contribution in [2.24, 2.45) is 11.7 Å². The fourth-order valence-corrected chi connectivity index (χ4v) is 2.85. The van der Waals surface area contributed by atoms with Crippen molar-refractivity contribution in [3.05, 3.63) is 28.8 Å². The van der Waals surface area contributed by atoms with Gasteiger partial charge in [-0.25, -0.2) is 0 Å². The van der Waals surface area contributed by atoms with Gasteiger partial charge < -0.3 is 15.4 Å². The van der Waals surface area contributed by atoms with Crippen molar-refractivity contribution in [2.45, 2.75) is 26.0 Å². The average Bonchev–Trinajstić information content (AvgIpc) is 2.39. The number of benzene rings is 1. The molecule has 1 aromatic carbocycles. The molecule has 0 spiro atoms. The molecule has 2 atom stereocenters. The highest BCUT2D eigenvalue weighted by Crippen LogP contribution is 2.31. The maximum Gasteiger partial charge on any atom is 0.0772 e. The summed E-state index contributed by atoms with van der Waals surface area (Å²) >= 11 is 6.21. The molecule has 0 bridgehead atoms. The van der Waals surface area contributed by atoms with Crippen molar-refractivity contribution in [1.82, 2.24) is 0 Å². The number of methoxy groups -OCH3 is 1. The van der Waals surface area contributed by atoms with E-state index in [0.717, 1.165) is 35.8 Å². The summed E-state index contributed by atoms with van der Waals surface area (Å²) in [6.45, 7) is 4.66. The van der Waals surface area contributed by atoms with Crippen LogP contribution in [-0.2, 0) is 11.3 Å². The molecule has 1 fully saturated rings. The monoisotopic (exact) mass is 268 g/mol. The van der Waals surface area contributed by atoms with E-state index >= 15 is 0 Å². The zero-order chi connectivity index (χ0) is 13.1. The molecule has 0 amide bonds. The van der Waals surface area contributed by atoms with E-state index in [1.165, 1.54) is 0 Å². The van der Waals surface area contributed by atoms with Crippen LogP contribution in [0.15, 0.2) is 18.2 Å². The van der Waals surface area contributed by atoms with Crippen LogP contribution in [0.25, 0.3) is 0 Å². The highest BCUT2D eigenvalue weighted by molar-refractivity contribution is 6.31. The Kier molecular flexibility index (Phi) is 4.49. The molecule has 2 N–H and O–H groups in total. The average molecular weight is 269 g/mol. The van der Waals surface area contributed by atoms with Gasteiger partial charge in [-0.05, 0) is 24.5 Å². The van der Waals surface area contributed by atoms with Crippen molar-refractivity contribution >= 4 is 17.3 Å². The number of anilines is 1. The second kappa shape index (κ2) is 5.91. The number of piperidine rings is 1. The van der Waals surface area contributed by atoms with E-state index < -0.39 is 0 Å². The molecular formula is C14H21ClN2O. The van der Waals surface area contributed by atoms with Crippen LogP contribution in [0.1, 0.15) is 18.9 Å². The lowest BCUT2D eigenvalue weighted by Crippen LogP contribution is -2.44. The van der Waals surface area contributed by atoms with Gasteiger partial charge in [-0.15, -0.1) is 0 Å². The summed E-state index contributed by atoms with van der Waals surface area (Å²) in [4.78, 5) is 2.34. The van der Waals surface area contributed by atoms with Gasteiger partial charge in [0.15, 0.2) is 0 Å². The summed E-state index contributed by atoms with van der Waals surface area (Å²) < 4.78 is 5.55. The molecule has 2 rings (SSSR count). The Morgan fingerprint density at radius 3 is 2.94 bits per heavy atom. The molecule has 0 aliphatic carbocycles. The first kappa shape index (κ1) is 13.7. The van der Waals surface area contributed by atoms with Crippen LogP contribution in [0.2, 0.25) is 5.02 Å². The molecule has 0 aromatic heterocycles. The summed E-state index contributed by atoms with van der Waals surface area (Å²) in [5.74, 6) is 0.603. The summed E-state index contributed by atoms with van der Waals surface area (Å²) in [7, 11) is 1.78. The molecule has 1 aromatic rings. The van der Waals surface area contributed by atoms with Crippen molar-refractivity contribution in [1.29, 1.82) is 0 Å². The topological polar surface area (TPSA) is 38.5 Å². The molecule has 1 aliphatic rings. The highest BCUT2D eigenvalue weighted by atomic mass is 35.5. The molecule has 0 radical (unpaired) electrons. The Hall–Kier alpha value is -0.770. The molecule has 0 saturated carbocycles. The maximum atomic E-state index is 6.21. The largest absolute Gasteiger partial charge is 0.379 e. The number of hydrogen-bond donors (Lipinski definition) is 1. The van der Waals surface area contributed by atoms with Crippen molar-refractivity contribution < 1.29 is 4.74 Å². The number of nitrogens with two attached hydrogens (primary N) is 1. The van der Waals surface area contributed by atoms with Gasteiger partial charge in [-0.3, -0.25) is 0 Å². The predicted octanol–water partition coefficient (Wildman–Crippen LogP) is 2.66. The zero-order valence-corrected chi connectivity index (χ0v) is 11.8. The first-order valence-corrected chi connectivity index (χ1v) is 6.80. The SMILES string of the molecule is COC1CN(c2cccc(Cl)c2CN)CCC1C. The van der Waals surface area contributed by atoms with Crippen LogP contribution >= 0.6 is 11.6 Å². The van der Waals surface area contributed by atoms with Crippen LogP contribution in [0, 0.1) is 5.92 Å². The van der Waals surface area contributed by atoms with Crippen molar-refractivity contribution in [3.63, 3.8) is 0 Å². The Morgan fingerprint density at radius 1 is 1.50 bits per heavy atom. The minimum absolute atomic E-state index is 0.281. The number of rotatable bonds is 3. The summed E-state index contributed by atoms with van der Waals surface area (Å²) in [6, 6.07) is 5.97. The first-order chi connectivity index (χ1) is 8.67. The Morgan fingerprint density at radius 2 is 2.28 bits per heavy atom. The molecule has 2 unspecified atom stereocenters. The normalized spacial score (nSPS) is 24.3. The maximum absolute atomic E-state index is 6.21. The molecule has 1 saturated heterocycles. The molecule has 3 nitrogen and oxygen atoms in total. The van der Waals surface area contributed by atoms with Crippen molar-refractivity contribution in [3.8, 4) is 0 Å². The van der Waals surface area contributed by atoms with E-state index in [-0.39, 0.29) is 6.10 Å². The van der Waals surface area contributed by atoms with Crippen LogP contribution in [0.4, 0.5) is 5.69 Å². The molecule has 1 aliphatic heterocycles. The van der Waals surface area contributed by atoms with E-state index in [4.69, 9.17) is 22.1 Å². The van der Waals surface area contributed by atoms with Gasteiger partial charge >= 0.3 is 0 Å². The van der Waals surface area contributed by atoms with Crippen molar-refractivity contribution in [2.75, 3.05) is 25.1 Å². The number of halogens is 1. The third-order valence-electron chi connectivity index (χ3n) is 3.83. The Balaban J connectivity index is 2.24. The second-order valence-corrected chi connectivity index (χ2v) is 5.33. The summed E-state index contributed by atoms with van der Waals surface area (Å²) in [6.07, 6.45) is 1.41. The number of ether oxygens (including phenoxy) is 1. The van der Waals surface area contributed by atoms with Gasteiger partial charge in [0.05, 0.1) is 6.10 Å². The molecule has 100 valence electrons. The first-order valence-electron chi connectivity index (χ1n) is 6.42. The Labute approximate surface area is 114 Å². The van der Waals surface area contributed by atoms with Gasteiger partial charge in [-0.1, -0.05) is 24.6 Å². The predicted molar refractivity (Wildman–Crippen MR) is 76.1 cm³/mol. The quantitative estimate of drug-likeness (QED) is 0.916. The van der Waals surface area contributed by atoms with Gasteiger partial charge in [0.1, 0.15) is 0 Å². The van der Waals surface area contributed by atoms with E-state index in [9.17, 15) is 0 Å². The van der Waals surface area contributed by atoms with Crippen LogP contribution in [0.3, 0.4) is 0 Å². The zero-order valence-electron chi connectivity index (χ0n) is 11.0. The summed E-state index contributed by atoms with van der Waals surface area (Å²) in [5, 5.41) is 0.752. The van der Waals surface area contributed by atoms with Crippen LogP contribution in [-0.4, -0.2) is 26.3 Å². The standard InChI is InChI=1S/C14H21ClN2O/c1-10-6-7-17(9-14(10)18-2)13-5-3-4-12(15)11(13)8-16/h3-5,10,14H,6-9,16H2,1-2H3. The van der Waals surface area contributed by atoms with E-state index in [1.54, 1.807) is 7.11 Å². The minimum Gasteiger partial charge on any atom is -0.379 e. The lowest BCUT2D eigenvalue weighted by molar-refractivity contribution is 0.0498. The number of nitrogens with zero attached hydrogens (tertiary/aromatic N) is 1. The van der Waals surface area contributed by atoms with E-state index in [2.05, 4.69) is 17.9 Å². The third-order valence-corrected chi connectivity index (χ3v) is 4.19. The number of hydrogen-bond acceptors (Lipinski definition) is 3. The van der Waals surface area contributed by atoms with Crippen LogP contribution in [0.5, 0.6) is 0 Å². The molecule has 1 heterocycles. The second-order valence-electron chi connectivity index (χ2n) is 4.93. The van der Waals surface area contributed by atoms with Gasteiger partial charge in [0, 0.05) is 43.0 Å². The van der Waals surface area contributed by atoms with Crippen LogP contribution < -0.4 is 10.6 Å². The van der Waals surface area contributed by atoms with E-state index in [1.807, 2.05) is 12.1 Å². The fourth-order valence-electron chi connectivity index (χ4n) is 2.61. The summed E-state index contributed by atoms with van der Waals surface area (Å²) in [5.41, 5.74) is 7.99. The molecule has 18 heavy (non-hydrogen) atoms. The van der Waals surface area contributed by atoms with Gasteiger partial charge in [0.2, 0.25) is 0 Å². The van der Waals surface area contributed by atoms with Gasteiger partial charge in [-0.2, -0.15) is 0 Å². The highest BCUT2D eigenvalue weighted by Gasteiger charge is 2.27. The van der Waals surface area contributed by atoms with Gasteiger partial charge in [0.25, 0.3) is 0 Å².